The second-order valence-corrected chi connectivity index (χ2v) is 10.3. The van der Waals surface area contributed by atoms with Crippen LogP contribution in [-0.4, -0.2) is 25.8 Å². The zero-order valence-electron chi connectivity index (χ0n) is 21.8. The van der Waals surface area contributed by atoms with Crippen molar-refractivity contribution in [1.29, 1.82) is 0 Å². The molecule has 2 aromatic carbocycles. The van der Waals surface area contributed by atoms with Gasteiger partial charge in [0.15, 0.2) is 0 Å². The van der Waals surface area contributed by atoms with Crippen LogP contribution in [0.2, 0.25) is 0 Å². The molecule has 0 saturated heterocycles. The minimum Gasteiger partial charge on any atom is -0.508 e. The molecule has 1 aliphatic carbocycles. The van der Waals surface area contributed by atoms with Gasteiger partial charge in [0.2, 0.25) is 5.91 Å². The second-order valence-electron chi connectivity index (χ2n) is 10.3. The molecular weight excluding hydrogens is 460 g/mol. The van der Waals surface area contributed by atoms with E-state index in [1.54, 1.807) is 6.07 Å². The lowest BCUT2D eigenvalue weighted by Crippen LogP contribution is -2.36. The highest BCUT2D eigenvalue weighted by molar-refractivity contribution is 5.98. The molecule has 6 nitrogen and oxygen atoms in total. The van der Waals surface area contributed by atoms with Crippen molar-refractivity contribution in [2.24, 2.45) is 0 Å². The highest BCUT2D eigenvalue weighted by atomic mass is 16.3. The zero-order valence-corrected chi connectivity index (χ0v) is 21.8. The minimum atomic E-state index is -0.285. The van der Waals surface area contributed by atoms with Gasteiger partial charge in [0.05, 0.1) is 30.9 Å². The summed E-state index contributed by atoms with van der Waals surface area (Å²) in [6.45, 7) is 7.39. The van der Waals surface area contributed by atoms with E-state index in [1.165, 1.54) is 5.56 Å². The van der Waals surface area contributed by atoms with Crippen molar-refractivity contribution >= 4 is 11.6 Å². The van der Waals surface area contributed by atoms with Gasteiger partial charge in [0.1, 0.15) is 5.75 Å². The fourth-order valence-corrected chi connectivity index (χ4v) is 5.22. The average Bonchev–Trinajstić information content (AvgIpc) is 3.33. The lowest BCUT2D eigenvalue weighted by Gasteiger charge is -2.31. The van der Waals surface area contributed by atoms with E-state index in [0.717, 1.165) is 52.9 Å². The average molecular weight is 495 g/mol. The number of benzene rings is 2. The Morgan fingerprint density at radius 1 is 1.16 bits per heavy atom. The third-order valence-electron chi connectivity index (χ3n) is 7.24. The van der Waals surface area contributed by atoms with E-state index >= 15 is 0 Å². The summed E-state index contributed by atoms with van der Waals surface area (Å²) in [5.41, 5.74) is 7.03. The van der Waals surface area contributed by atoms with E-state index in [4.69, 9.17) is 0 Å². The number of carbonyl (C=O) groups excluding carboxylic acids is 1. The first-order valence-electron chi connectivity index (χ1n) is 13.0. The fourth-order valence-electron chi connectivity index (χ4n) is 5.22. The molecule has 2 heterocycles. The van der Waals surface area contributed by atoms with Crippen LogP contribution in [0.5, 0.6) is 5.75 Å². The Bertz CT molecular complexity index is 1390. The standard InChI is InChI=1S/C31H34N4O2/c1-21(2)24-10-12-26(13-11-24)35(31(37)29-8-4-7-28-27(29)6-5-9-30(28)36)19-23-17-33-34(18-23)20-25-16-22(3)14-15-32-25/h5-6,9-18,21,29,36H,4,7-8,19-20H2,1-3H3. The van der Waals surface area contributed by atoms with Crippen LogP contribution < -0.4 is 4.90 Å². The molecule has 1 amide bonds. The topological polar surface area (TPSA) is 71.2 Å². The number of aromatic nitrogens is 3. The van der Waals surface area contributed by atoms with Gasteiger partial charge >= 0.3 is 0 Å². The molecule has 190 valence electrons. The number of rotatable bonds is 7. The van der Waals surface area contributed by atoms with Gasteiger partial charge < -0.3 is 10.0 Å². The Morgan fingerprint density at radius 3 is 2.73 bits per heavy atom. The summed E-state index contributed by atoms with van der Waals surface area (Å²) in [6, 6.07) is 17.9. The number of pyridine rings is 1. The Labute approximate surface area is 218 Å². The maximum Gasteiger partial charge on any atom is 0.234 e. The van der Waals surface area contributed by atoms with E-state index in [2.05, 4.69) is 49.1 Å². The number of aromatic hydroxyl groups is 1. The van der Waals surface area contributed by atoms with E-state index < -0.39 is 0 Å². The predicted octanol–water partition coefficient (Wildman–Crippen LogP) is 6.12. The monoisotopic (exact) mass is 494 g/mol. The molecule has 1 N–H and O–H groups in total. The molecule has 1 unspecified atom stereocenters. The molecule has 1 aliphatic rings. The molecule has 6 heteroatoms. The van der Waals surface area contributed by atoms with Crippen LogP contribution in [0, 0.1) is 6.92 Å². The molecule has 0 aliphatic heterocycles. The van der Waals surface area contributed by atoms with Gasteiger partial charge in [-0.1, -0.05) is 38.1 Å². The molecule has 37 heavy (non-hydrogen) atoms. The number of aryl methyl sites for hydroxylation is 1. The third-order valence-corrected chi connectivity index (χ3v) is 7.24. The molecule has 4 aromatic rings. The van der Waals surface area contributed by atoms with Crippen molar-refractivity contribution < 1.29 is 9.90 Å². The van der Waals surface area contributed by atoms with Crippen LogP contribution in [0.4, 0.5) is 5.69 Å². The first kappa shape index (κ1) is 24.8. The quantitative estimate of drug-likeness (QED) is 0.336. The van der Waals surface area contributed by atoms with Crippen LogP contribution in [0.3, 0.4) is 0 Å². The van der Waals surface area contributed by atoms with Gasteiger partial charge in [-0.2, -0.15) is 5.10 Å². The second kappa shape index (κ2) is 10.6. The minimum absolute atomic E-state index is 0.0527. The zero-order chi connectivity index (χ0) is 25.9. The fraction of sp³-hybridized carbons (Fsp3) is 0.323. The lowest BCUT2D eigenvalue weighted by atomic mass is 9.81. The van der Waals surface area contributed by atoms with Gasteiger partial charge in [0.25, 0.3) is 0 Å². The summed E-state index contributed by atoms with van der Waals surface area (Å²) < 4.78 is 1.87. The number of nitrogens with zero attached hydrogens (tertiary/aromatic N) is 4. The van der Waals surface area contributed by atoms with Gasteiger partial charge in [-0.15, -0.1) is 0 Å². The predicted molar refractivity (Wildman–Crippen MR) is 146 cm³/mol. The first-order chi connectivity index (χ1) is 17.9. The molecule has 0 spiro atoms. The van der Waals surface area contributed by atoms with Crippen molar-refractivity contribution in [3.63, 3.8) is 0 Å². The van der Waals surface area contributed by atoms with Crippen LogP contribution >= 0.6 is 0 Å². The van der Waals surface area contributed by atoms with Crippen molar-refractivity contribution in [1.82, 2.24) is 14.8 Å². The van der Waals surface area contributed by atoms with Gasteiger partial charge in [-0.25, -0.2) is 0 Å². The number of hydrogen-bond donors (Lipinski definition) is 1. The smallest absolute Gasteiger partial charge is 0.234 e. The number of hydrogen-bond acceptors (Lipinski definition) is 4. The molecule has 0 saturated carbocycles. The van der Waals surface area contributed by atoms with Gasteiger partial charge in [0, 0.05) is 23.6 Å². The first-order valence-corrected chi connectivity index (χ1v) is 13.0. The number of carbonyl (C=O) groups is 1. The van der Waals surface area contributed by atoms with Crippen LogP contribution in [0.15, 0.2) is 73.2 Å². The molecule has 0 fully saturated rings. The van der Waals surface area contributed by atoms with E-state index in [-0.39, 0.29) is 17.6 Å². The van der Waals surface area contributed by atoms with Crippen molar-refractivity contribution in [3.8, 4) is 5.75 Å². The number of amides is 1. The molecule has 0 radical (unpaired) electrons. The van der Waals surface area contributed by atoms with Gasteiger partial charge in [-0.3, -0.25) is 14.5 Å². The van der Waals surface area contributed by atoms with Crippen LogP contribution in [-0.2, 0) is 24.3 Å². The van der Waals surface area contributed by atoms with Crippen LogP contribution in [0.1, 0.15) is 72.0 Å². The summed E-state index contributed by atoms with van der Waals surface area (Å²) in [5.74, 6) is 0.470. The SMILES string of the molecule is Cc1ccnc(Cn2cc(CN(C(=O)C3CCCc4c(O)cccc43)c3ccc(C(C)C)cc3)cn2)c1. The Balaban J connectivity index is 1.44. The lowest BCUT2D eigenvalue weighted by molar-refractivity contribution is -0.120. The maximum absolute atomic E-state index is 14.1. The summed E-state index contributed by atoms with van der Waals surface area (Å²) in [7, 11) is 0. The van der Waals surface area contributed by atoms with Gasteiger partial charge in [-0.05, 0) is 84.7 Å². The van der Waals surface area contributed by atoms with Crippen molar-refractivity contribution in [3.05, 3.63) is 107 Å². The third kappa shape index (κ3) is 5.43. The summed E-state index contributed by atoms with van der Waals surface area (Å²) in [4.78, 5) is 20.5. The Hall–Kier alpha value is -3.93. The Morgan fingerprint density at radius 2 is 1.97 bits per heavy atom. The maximum atomic E-state index is 14.1. The van der Waals surface area contributed by atoms with E-state index in [0.29, 0.717) is 19.0 Å². The molecular formula is C31H34N4O2. The summed E-state index contributed by atoms with van der Waals surface area (Å²) >= 11 is 0. The molecule has 2 aromatic heterocycles. The number of fused-ring (bicyclic) bond motifs is 1. The molecule has 5 rings (SSSR count). The molecule has 0 bridgehead atoms. The summed E-state index contributed by atoms with van der Waals surface area (Å²) in [5, 5.41) is 15.0. The van der Waals surface area contributed by atoms with Crippen molar-refractivity contribution in [2.75, 3.05) is 4.90 Å². The van der Waals surface area contributed by atoms with E-state index in [1.807, 2.05) is 58.5 Å². The summed E-state index contributed by atoms with van der Waals surface area (Å²) in [6.07, 6.45) is 8.09. The number of phenols is 1. The van der Waals surface area contributed by atoms with E-state index in [9.17, 15) is 9.90 Å². The normalized spacial score (nSPS) is 15.0. The highest BCUT2D eigenvalue weighted by Crippen LogP contribution is 2.38. The number of phenolic OH excluding ortho intramolecular Hbond substituents is 1. The highest BCUT2D eigenvalue weighted by Gasteiger charge is 2.32. The molecule has 1 atom stereocenters. The number of anilines is 1. The van der Waals surface area contributed by atoms with Crippen LogP contribution in [0.25, 0.3) is 0 Å². The Kier molecular flexibility index (Phi) is 7.08. The van der Waals surface area contributed by atoms with Crippen molar-refractivity contribution in [2.45, 2.75) is 65.0 Å². The largest absolute Gasteiger partial charge is 0.508 e.